The van der Waals surface area contributed by atoms with Crippen LogP contribution in [-0.2, 0) is 0 Å². The molecule has 1 heterocycles. The van der Waals surface area contributed by atoms with Crippen LogP contribution in [0, 0.1) is 18.8 Å². The molecule has 0 spiro atoms. The van der Waals surface area contributed by atoms with E-state index in [9.17, 15) is 4.91 Å². The van der Waals surface area contributed by atoms with Gasteiger partial charge in [0, 0.05) is 11.1 Å². The van der Waals surface area contributed by atoms with Gasteiger partial charge in [-0.15, -0.1) is 0 Å². The summed E-state index contributed by atoms with van der Waals surface area (Å²) >= 11 is 0. The number of hydrogen-bond donors (Lipinski definition) is 1. The fourth-order valence-corrected chi connectivity index (χ4v) is 2.33. The molecule has 2 N–H and O–H groups in total. The molecule has 0 saturated carbocycles. The van der Waals surface area contributed by atoms with Crippen LogP contribution in [0.2, 0.25) is 0 Å². The summed E-state index contributed by atoms with van der Waals surface area (Å²) in [5.74, 6) is 0.387. The lowest BCUT2D eigenvalue weighted by Crippen LogP contribution is -2.02. The van der Waals surface area contributed by atoms with E-state index in [0.717, 1.165) is 22.0 Å². The van der Waals surface area contributed by atoms with Crippen LogP contribution in [-0.4, -0.2) is 17.2 Å². The number of aliphatic imine (C=N–C) groups is 1. The Hall–Kier alpha value is -2.30. The molecule has 0 aliphatic carbocycles. The Labute approximate surface area is 117 Å². The summed E-state index contributed by atoms with van der Waals surface area (Å²) < 4.78 is 0. The first-order chi connectivity index (χ1) is 9.58. The van der Waals surface area contributed by atoms with Crippen molar-refractivity contribution < 1.29 is 0 Å². The summed E-state index contributed by atoms with van der Waals surface area (Å²) in [6, 6.07) is 5.93. The maximum Gasteiger partial charge on any atom is 0.150 e. The van der Waals surface area contributed by atoms with E-state index in [-0.39, 0.29) is 6.54 Å². The first-order valence-electron chi connectivity index (χ1n) is 6.59. The highest BCUT2D eigenvalue weighted by Gasteiger charge is 2.11. The zero-order valence-electron chi connectivity index (χ0n) is 12.0. The number of rotatable bonds is 4. The number of nitrogen functional groups attached to an aromatic ring is 1. The predicted octanol–water partition coefficient (Wildman–Crippen LogP) is 3.68. The van der Waals surface area contributed by atoms with E-state index in [0.29, 0.717) is 23.6 Å². The van der Waals surface area contributed by atoms with Crippen molar-refractivity contribution in [1.29, 1.82) is 0 Å². The number of aromatic nitrogens is 1. The van der Waals surface area contributed by atoms with E-state index in [1.807, 2.05) is 39.0 Å². The zero-order chi connectivity index (χ0) is 14.7. The van der Waals surface area contributed by atoms with Gasteiger partial charge in [-0.25, -0.2) is 4.98 Å². The minimum Gasteiger partial charge on any atom is -0.382 e. The van der Waals surface area contributed by atoms with Crippen LogP contribution in [0.15, 0.2) is 28.4 Å². The van der Waals surface area contributed by atoms with E-state index in [2.05, 4.69) is 15.2 Å². The first-order valence-corrected chi connectivity index (χ1v) is 6.59. The van der Waals surface area contributed by atoms with Crippen LogP contribution in [0.3, 0.4) is 0 Å². The number of nitrogens with two attached hydrogens (primary N) is 1. The Bertz CT molecular complexity index is 692. The van der Waals surface area contributed by atoms with Gasteiger partial charge >= 0.3 is 0 Å². The van der Waals surface area contributed by atoms with Gasteiger partial charge in [-0.1, -0.05) is 24.2 Å². The Morgan fingerprint density at radius 3 is 2.75 bits per heavy atom. The number of pyridine rings is 1. The van der Waals surface area contributed by atoms with Gasteiger partial charge in [0.2, 0.25) is 0 Å². The topological polar surface area (TPSA) is 80.7 Å². The second-order valence-electron chi connectivity index (χ2n) is 4.76. The third-order valence-electron chi connectivity index (χ3n) is 3.39. The number of anilines is 1. The second-order valence-corrected chi connectivity index (χ2v) is 4.76. The number of hydrogen-bond acceptors (Lipinski definition) is 5. The Morgan fingerprint density at radius 2 is 2.10 bits per heavy atom. The smallest absolute Gasteiger partial charge is 0.150 e. The molecule has 1 aromatic heterocycles. The molecule has 0 bridgehead atoms. The quantitative estimate of drug-likeness (QED) is 0.679. The van der Waals surface area contributed by atoms with Gasteiger partial charge in [-0.3, -0.25) is 4.99 Å². The summed E-state index contributed by atoms with van der Waals surface area (Å²) in [5.41, 5.74) is 10.4. The maximum atomic E-state index is 10.4. The van der Waals surface area contributed by atoms with Crippen LogP contribution < -0.4 is 5.73 Å². The molecule has 2 rings (SSSR count). The highest BCUT2D eigenvalue weighted by molar-refractivity contribution is 5.96. The van der Waals surface area contributed by atoms with Gasteiger partial charge in [-0.05, 0) is 37.5 Å². The van der Waals surface area contributed by atoms with Crippen molar-refractivity contribution >= 4 is 28.1 Å². The third kappa shape index (κ3) is 2.52. The van der Waals surface area contributed by atoms with Crippen molar-refractivity contribution in [1.82, 2.24) is 4.98 Å². The van der Waals surface area contributed by atoms with E-state index in [4.69, 9.17) is 5.73 Å². The van der Waals surface area contributed by atoms with Crippen LogP contribution in [0.25, 0.3) is 10.9 Å². The first kappa shape index (κ1) is 14.1. The summed E-state index contributed by atoms with van der Waals surface area (Å²) in [6.45, 7) is 6.04. The molecule has 0 aliphatic heterocycles. The van der Waals surface area contributed by atoms with E-state index < -0.39 is 0 Å². The fraction of sp³-hybridized carbons (Fsp3) is 0.333. The number of benzene rings is 1. The van der Waals surface area contributed by atoms with Crippen molar-refractivity contribution in [3.8, 4) is 0 Å². The second kappa shape index (κ2) is 5.77. The summed E-state index contributed by atoms with van der Waals surface area (Å²) in [6.07, 6.45) is 0.663. The minimum atomic E-state index is 0.0845. The Kier molecular flexibility index (Phi) is 4.08. The standard InChI is InChI=1S/C15H18N4O/c1-4-11(8-17-20)18-14-10(3)13-9(2)6-5-7-12(13)19-15(14)16/h5-7H,4,8H2,1-3H3,(H2,16,19). The normalized spacial score (nSPS) is 11.8. The average Bonchev–Trinajstić information content (AvgIpc) is 2.41. The lowest BCUT2D eigenvalue weighted by molar-refractivity contribution is 1.15. The molecule has 0 atom stereocenters. The highest BCUT2D eigenvalue weighted by atomic mass is 16.3. The molecule has 104 valence electrons. The molecule has 2 aromatic rings. The van der Waals surface area contributed by atoms with E-state index in [1.165, 1.54) is 0 Å². The molecule has 5 nitrogen and oxygen atoms in total. The van der Waals surface area contributed by atoms with E-state index in [1.54, 1.807) is 0 Å². The lowest BCUT2D eigenvalue weighted by Gasteiger charge is -2.11. The molecule has 0 aliphatic rings. The monoisotopic (exact) mass is 270 g/mol. The van der Waals surface area contributed by atoms with Gasteiger partial charge < -0.3 is 5.73 Å². The van der Waals surface area contributed by atoms with Crippen LogP contribution in [0.5, 0.6) is 0 Å². The van der Waals surface area contributed by atoms with Gasteiger partial charge in [0.05, 0.1) is 5.52 Å². The van der Waals surface area contributed by atoms with Crippen molar-refractivity contribution in [2.75, 3.05) is 12.3 Å². The van der Waals surface area contributed by atoms with Crippen molar-refractivity contribution in [3.63, 3.8) is 0 Å². The molecule has 5 heteroatoms. The molecule has 1 aromatic carbocycles. The average molecular weight is 270 g/mol. The van der Waals surface area contributed by atoms with Gasteiger partial charge in [0.15, 0.2) is 0 Å². The van der Waals surface area contributed by atoms with Crippen molar-refractivity contribution in [3.05, 3.63) is 34.2 Å². The number of fused-ring (bicyclic) bond motifs is 1. The van der Waals surface area contributed by atoms with Crippen LogP contribution >= 0.6 is 0 Å². The molecule has 0 unspecified atom stereocenters. The number of nitroso groups, excluding NO2 is 1. The van der Waals surface area contributed by atoms with E-state index >= 15 is 0 Å². The van der Waals surface area contributed by atoms with Crippen molar-refractivity contribution in [2.24, 2.45) is 10.2 Å². The number of aryl methyl sites for hydroxylation is 2. The van der Waals surface area contributed by atoms with Crippen LogP contribution in [0.1, 0.15) is 24.5 Å². The number of nitrogens with zero attached hydrogens (tertiary/aromatic N) is 3. The lowest BCUT2D eigenvalue weighted by atomic mass is 10.0. The largest absolute Gasteiger partial charge is 0.382 e. The van der Waals surface area contributed by atoms with Gasteiger partial charge in [-0.2, -0.15) is 4.91 Å². The van der Waals surface area contributed by atoms with Crippen molar-refractivity contribution in [2.45, 2.75) is 27.2 Å². The molecular weight excluding hydrogens is 252 g/mol. The van der Waals surface area contributed by atoms with Gasteiger partial charge in [0.1, 0.15) is 18.1 Å². The molecule has 0 saturated heterocycles. The molecule has 0 radical (unpaired) electrons. The Balaban J connectivity index is 2.70. The predicted molar refractivity (Wildman–Crippen MR) is 83.7 cm³/mol. The molecular formula is C15H18N4O. The van der Waals surface area contributed by atoms with Crippen LogP contribution in [0.4, 0.5) is 11.5 Å². The summed E-state index contributed by atoms with van der Waals surface area (Å²) in [4.78, 5) is 19.3. The summed E-state index contributed by atoms with van der Waals surface area (Å²) in [5, 5.41) is 3.97. The maximum absolute atomic E-state index is 10.4. The summed E-state index contributed by atoms with van der Waals surface area (Å²) in [7, 11) is 0. The highest BCUT2D eigenvalue weighted by Crippen LogP contribution is 2.33. The molecule has 0 fully saturated rings. The SMILES string of the molecule is CCC(CN=O)=Nc1c(N)nc2cccc(C)c2c1C. The van der Waals surface area contributed by atoms with Gasteiger partial charge in [0.25, 0.3) is 0 Å². The minimum absolute atomic E-state index is 0.0845. The molecule has 0 amide bonds. The molecule has 20 heavy (non-hydrogen) atoms. The third-order valence-corrected chi connectivity index (χ3v) is 3.39. The zero-order valence-corrected chi connectivity index (χ0v) is 12.0. The fourth-order valence-electron chi connectivity index (χ4n) is 2.33. The Morgan fingerprint density at radius 1 is 1.35 bits per heavy atom.